The summed E-state index contributed by atoms with van der Waals surface area (Å²) in [6.45, 7) is 0.926. The lowest BCUT2D eigenvalue weighted by Gasteiger charge is -2.08. The molecule has 28 heavy (non-hydrogen) atoms. The molecule has 0 aliphatic carbocycles. The second-order valence-electron chi connectivity index (χ2n) is 5.84. The van der Waals surface area contributed by atoms with Crippen LogP contribution in [0.2, 0.25) is 0 Å². The fourth-order valence-corrected chi connectivity index (χ4v) is 2.95. The third-order valence-electron chi connectivity index (χ3n) is 3.64. The average Bonchev–Trinajstić information content (AvgIpc) is 2.70. The quantitative estimate of drug-likeness (QED) is 0.627. The monoisotopic (exact) mass is 402 g/mol. The number of carbonyl (C=O) groups excluding carboxylic acids is 2. The molecule has 0 spiro atoms. The Bertz CT molecular complexity index is 940. The van der Waals surface area contributed by atoms with E-state index in [0.717, 1.165) is 17.4 Å². The number of anilines is 1. The number of amides is 1. The van der Waals surface area contributed by atoms with Gasteiger partial charge in [0.05, 0.1) is 0 Å². The first-order chi connectivity index (χ1) is 13.4. The van der Waals surface area contributed by atoms with Crippen molar-refractivity contribution >= 4 is 33.7 Å². The summed E-state index contributed by atoms with van der Waals surface area (Å²) in [5.74, 6) is -1.36. The molecule has 1 amide bonds. The Morgan fingerprint density at radius 1 is 1.07 bits per heavy atom. The van der Waals surface area contributed by atoms with Crippen LogP contribution in [-0.2, 0) is 30.8 Å². The zero-order chi connectivity index (χ0) is 20.4. The maximum atomic E-state index is 11.9. The van der Waals surface area contributed by atoms with E-state index in [9.17, 15) is 18.0 Å². The van der Waals surface area contributed by atoms with Crippen LogP contribution in [0.5, 0.6) is 0 Å². The minimum atomic E-state index is -3.80. The van der Waals surface area contributed by atoms with Crippen LogP contribution in [0.25, 0.3) is 6.08 Å². The normalized spacial score (nSPS) is 11.3. The number of hydrogen-bond acceptors (Lipinski definition) is 5. The van der Waals surface area contributed by atoms with Crippen LogP contribution < -0.4 is 10.0 Å². The standard InChI is InChI=1S/C20H22N2O5S/c1-2-16-9-6-10-18(13-16)22-19(23)15-27-20(24)14-21-28(25,26)12-11-17-7-4-3-5-8-17/h3-13,21H,2,14-15H2,1H3,(H,22,23)/b12-11+. The highest BCUT2D eigenvalue weighted by Gasteiger charge is 2.12. The molecule has 0 unspecified atom stereocenters. The van der Waals surface area contributed by atoms with Gasteiger partial charge in [0.25, 0.3) is 5.91 Å². The van der Waals surface area contributed by atoms with Gasteiger partial charge in [0.15, 0.2) is 6.61 Å². The SMILES string of the molecule is CCc1cccc(NC(=O)COC(=O)CNS(=O)(=O)/C=C/c2ccccc2)c1. The number of rotatable bonds is 9. The van der Waals surface area contributed by atoms with Crippen molar-refractivity contribution in [1.82, 2.24) is 4.72 Å². The van der Waals surface area contributed by atoms with E-state index < -0.39 is 35.1 Å². The van der Waals surface area contributed by atoms with E-state index in [1.165, 1.54) is 6.08 Å². The molecule has 2 aromatic rings. The largest absolute Gasteiger partial charge is 0.455 e. The average molecular weight is 402 g/mol. The molecule has 0 aliphatic rings. The van der Waals surface area contributed by atoms with Crippen molar-refractivity contribution in [2.24, 2.45) is 0 Å². The van der Waals surface area contributed by atoms with Gasteiger partial charge in [-0.3, -0.25) is 9.59 Å². The molecule has 0 atom stereocenters. The number of sulfonamides is 1. The van der Waals surface area contributed by atoms with Gasteiger partial charge in [0, 0.05) is 11.1 Å². The van der Waals surface area contributed by atoms with Crippen LogP contribution in [0.3, 0.4) is 0 Å². The molecule has 2 aromatic carbocycles. The van der Waals surface area contributed by atoms with Gasteiger partial charge in [-0.15, -0.1) is 0 Å². The minimum absolute atomic E-state index is 0.503. The highest BCUT2D eigenvalue weighted by atomic mass is 32.2. The molecular formula is C20H22N2O5S. The van der Waals surface area contributed by atoms with Crippen molar-refractivity contribution < 1.29 is 22.7 Å². The van der Waals surface area contributed by atoms with E-state index in [4.69, 9.17) is 4.74 Å². The number of ether oxygens (including phenoxy) is 1. The number of benzene rings is 2. The van der Waals surface area contributed by atoms with Gasteiger partial charge in [0.1, 0.15) is 6.54 Å². The Kier molecular flexibility index (Phi) is 7.91. The predicted octanol–water partition coefficient (Wildman–Crippen LogP) is 2.32. The Morgan fingerprint density at radius 2 is 1.82 bits per heavy atom. The third kappa shape index (κ3) is 7.73. The summed E-state index contributed by atoms with van der Waals surface area (Å²) in [6.07, 6.45) is 2.24. The van der Waals surface area contributed by atoms with Crippen LogP contribution in [0, 0.1) is 0 Å². The minimum Gasteiger partial charge on any atom is -0.455 e. The van der Waals surface area contributed by atoms with Crippen LogP contribution in [-0.4, -0.2) is 33.4 Å². The van der Waals surface area contributed by atoms with Gasteiger partial charge in [0.2, 0.25) is 10.0 Å². The Hall–Kier alpha value is -2.97. The Labute approximate surface area is 164 Å². The summed E-state index contributed by atoms with van der Waals surface area (Å²) in [5.41, 5.74) is 2.37. The maximum Gasteiger partial charge on any atom is 0.321 e. The van der Waals surface area contributed by atoms with E-state index in [-0.39, 0.29) is 0 Å². The number of nitrogens with one attached hydrogen (secondary N) is 2. The molecule has 0 aliphatic heterocycles. The van der Waals surface area contributed by atoms with Crippen LogP contribution in [0.1, 0.15) is 18.1 Å². The molecule has 0 bridgehead atoms. The lowest BCUT2D eigenvalue weighted by Crippen LogP contribution is -2.31. The maximum absolute atomic E-state index is 11.9. The van der Waals surface area contributed by atoms with Crippen molar-refractivity contribution in [2.45, 2.75) is 13.3 Å². The third-order valence-corrected chi connectivity index (χ3v) is 4.68. The smallest absolute Gasteiger partial charge is 0.321 e. The molecule has 0 fully saturated rings. The van der Waals surface area contributed by atoms with Crippen molar-refractivity contribution in [3.05, 3.63) is 71.1 Å². The second kappa shape index (κ2) is 10.4. The summed E-state index contributed by atoms with van der Waals surface area (Å²) >= 11 is 0. The summed E-state index contributed by atoms with van der Waals surface area (Å²) in [4.78, 5) is 23.5. The van der Waals surface area contributed by atoms with Gasteiger partial charge >= 0.3 is 5.97 Å². The molecule has 7 nitrogen and oxygen atoms in total. The van der Waals surface area contributed by atoms with Gasteiger partial charge in [-0.25, -0.2) is 13.1 Å². The molecule has 0 heterocycles. The van der Waals surface area contributed by atoms with E-state index in [2.05, 4.69) is 10.0 Å². The van der Waals surface area contributed by atoms with Gasteiger partial charge in [-0.05, 0) is 35.8 Å². The van der Waals surface area contributed by atoms with E-state index >= 15 is 0 Å². The van der Waals surface area contributed by atoms with Gasteiger partial charge in [-0.2, -0.15) is 0 Å². The second-order valence-corrected chi connectivity index (χ2v) is 7.49. The molecule has 148 valence electrons. The lowest BCUT2D eigenvalue weighted by atomic mass is 10.1. The predicted molar refractivity (Wildman–Crippen MR) is 108 cm³/mol. The number of carbonyl (C=O) groups is 2. The van der Waals surface area contributed by atoms with Crippen LogP contribution in [0.15, 0.2) is 60.0 Å². The Balaban J connectivity index is 1.75. The van der Waals surface area contributed by atoms with E-state index in [0.29, 0.717) is 11.3 Å². The molecule has 8 heteroatoms. The summed E-state index contributed by atoms with van der Waals surface area (Å²) in [5, 5.41) is 3.58. The fourth-order valence-electron chi connectivity index (χ4n) is 2.20. The van der Waals surface area contributed by atoms with E-state index in [1.807, 2.05) is 31.2 Å². The molecule has 0 saturated carbocycles. The fraction of sp³-hybridized carbons (Fsp3) is 0.200. The lowest BCUT2D eigenvalue weighted by molar-refractivity contribution is -0.146. The zero-order valence-corrected chi connectivity index (χ0v) is 16.2. The van der Waals surface area contributed by atoms with Crippen molar-refractivity contribution in [3.8, 4) is 0 Å². The number of esters is 1. The zero-order valence-electron chi connectivity index (χ0n) is 15.4. The number of hydrogen-bond donors (Lipinski definition) is 2. The summed E-state index contributed by atoms with van der Waals surface area (Å²) < 4.78 is 30.6. The van der Waals surface area contributed by atoms with E-state index in [1.54, 1.807) is 30.3 Å². The first-order valence-electron chi connectivity index (χ1n) is 8.65. The van der Waals surface area contributed by atoms with Crippen molar-refractivity contribution in [2.75, 3.05) is 18.5 Å². The first-order valence-corrected chi connectivity index (χ1v) is 10.2. The topological polar surface area (TPSA) is 102 Å². The molecule has 2 rings (SSSR count). The molecule has 0 radical (unpaired) electrons. The van der Waals surface area contributed by atoms with Gasteiger partial charge < -0.3 is 10.1 Å². The molecule has 2 N–H and O–H groups in total. The van der Waals surface area contributed by atoms with Crippen LogP contribution >= 0.6 is 0 Å². The van der Waals surface area contributed by atoms with Gasteiger partial charge in [-0.1, -0.05) is 49.4 Å². The molecule has 0 aromatic heterocycles. The summed E-state index contributed by atoms with van der Waals surface area (Å²) in [6, 6.07) is 16.2. The summed E-state index contributed by atoms with van der Waals surface area (Å²) in [7, 11) is -3.80. The number of aryl methyl sites for hydroxylation is 1. The molecular weight excluding hydrogens is 380 g/mol. The van der Waals surface area contributed by atoms with Crippen molar-refractivity contribution in [1.29, 1.82) is 0 Å². The Morgan fingerprint density at radius 3 is 2.54 bits per heavy atom. The highest BCUT2D eigenvalue weighted by Crippen LogP contribution is 2.10. The van der Waals surface area contributed by atoms with Crippen molar-refractivity contribution in [3.63, 3.8) is 0 Å². The first kappa shape index (κ1) is 21.3. The van der Waals surface area contributed by atoms with Crippen LogP contribution in [0.4, 0.5) is 5.69 Å². The molecule has 0 saturated heterocycles. The highest BCUT2D eigenvalue weighted by molar-refractivity contribution is 7.92.